The van der Waals surface area contributed by atoms with Gasteiger partial charge in [0.15, 0.2) is 0 Å². The van der Waals surface area contributed by atoms with Crippen molar-refractivity contribution in [3.63, 3.8) is 0 Å². The number of benzene rings is 1. The van der Waals surface area contributed by atoms with Gasteiger partial charge < -0.3 is 17.0 Å². The topological polar surface area (TPSA) is 50.2 Å². The third-order valence-corrected chi connectivity index (χ3v) is 3.47. The molecule has 102 valence electrons. The number of aryl methyl sites for hydroxylation is 2. The molecule has 2 aromatic rings. The van der Waals surface area contributed by atoms with Crippen LogP contribution in [0.1, 0.15) is 39.5 Å². The van der Waals surface area contributed by atoms with Crippen molar-refractivity contribution in [2.24, 2.45) is 0 Å². The first-order valence-electron chi connectivity index (χ1n) is 6.16. The fourth-order valence-electron chi connectivity index (χ4n) is 2.01. The van der Waals surface area contributed by atoms with E-state index in [4.69, 9.17) is 5.11 Å². The molecule has 2 rings (SSSR count). The molecule has 0 bridgehead atoms. The average Bonchev–Trinajstić information content (AvgIpc) is 2.44. The predicted octanol–water partition coefficient (Wildman–Crippen LogP) is 3.80. The van der Waals surface area contributed by atoms with Crippen molar-refractivity contribution in [3.05, 3.63) is 47.0 Å². The van der Waals surface area contributed by atoms with E-state index < -0.39 is 5.97 Å². The second-order valence-corrected chi connectivity index (χ2v) is 4.33. The Hall–Kier alpha value is -0.796. The molecule has 0 atom stereocenters. The molecule has 3 nitrogen and oxygen atoms in total. The SMILES string of the molecule is Cc1c(C)c(C)c2ncc(C(=O)O)[c-]c2c1C.[CH2-]C.[Y+3]. The Bertz CT molecular complexity index is 636. The van der Waals surface area contributed by atoms with Gasteiger partial charge in [-0.15, -0.1) is 11.6 Å². The minimum Gasteiger partial charge on any atom is -0.512 e. The van der Waals surface area contributed by atoms with E-state index in [-0.39, 0.29) is 38.3 Å². The normalized spacial score (nSPS) is 9.50. The fourth-order valence-corrected chi connectivity index (χ4v) is 2.01. The van der Waals surface area contributed by atoms with Gasteiger partial charge in [0.05, 0.1) is 0 Å². The van der Waals surface area contributed by atoms with Gasteiger partial charge in [-0.25, -0.2) is 0 Å². The zero-order valence-electron chi connectivity index (χ0n) is 12.7. The number of fused-ring (bicyclic) bond motifs is 1. The smallest absolute Gasteiger partial charge is 0.512 e. The summed E-state index contributed by atoms with van der Waals surface area (Å²) in [6.07, 6.45) is 1.37. The summed E-state index contributed by atoms with van der Waals surface area (Å²) in [5.74, 6) is -0.991. The number of aromatic nitrogens is 1. The standard InChI is InChI=1S/C14H14NO2.C2H5.Y/c1-7-8(2)10(4)13-12(9(7)3)5-11(6-15-13)14(16)17;1-2;/h6H,1-4H3,(H,16,17);1H2,2H3;/q2*-1;+3. The van der Waals surface area contributed by atoms with E-state index in [1.54, 1.807) is 6.92 Å². The number of carboxylic acids is 1. The van der Waals surface area contributed by atoms with E-state index >= 15 is 0 Å². The Labute approximate surface area is 145 Å². The second-order valence-electron chi connectivity index (χ2n) is 4.33. The summed E-state index contributed by atoms with van der Waals surface area (Å²) < 4.78 is 0. The van der Waals surface area contributed by atoms with Crippen LogP contribution in [0.3, 0.4) is 0 Å². The van der Waals surface area contributed by atoms with Gasteiger partial charge in [0, 0.05) is 0 Å². The Morgan fingerprint density at radius 2 is 1.60 bits per heavy atom. The van der Waals surface area contributed by atoms with E-state index in [9.17, 15) is 4.79 Å². The molecule has 0 saturated heterocycles. The van der Waals surface area contributed by atoms with Gasteiger partial charge in [0.2, 0.25) is 0 Å². The molecule has 0 fully saturated rings. The molecular weight excluding hydrogens is 327 g/mol. The van der Waals surface area contributed by atoms with Crippen LogP contribution in [0.4, 0.5) is 0 Å². The van der Waals surface area contributed by atoms with Crippen molar-refractivity contribution in [1.82, 2.24) is 4.98 Å². The van der Waals surface area contributed by atoms with Crippen molar-refractivity contribution in [2.75, 3.05) is 0 Å². The van der Waals surface area contributed by atoms with Gasteiger partial charge in [0.25, 0.3) is 5.97 Å². The minimum atomic E-state index is -0.991. The number of pyridine rings is 1. The molecule has 0 aliphatic carbocycles. The largest absolute Gasteiger partial charge is 3.00 e. The first-order chi connectivity index (χ1) is 8.93. The average molecular weight is 346 g/mol. The van der Waals surface area contributed by atoms with Crippen molar-refractivity contribution >= 4 is 16.9 Å². The summed E-state index contributed by atoms with van der Waals surface area (Å²) in [6, 6.07) is 2.94. The van der Waals surface area contributed by atoms with Crippen molar-refractivity contribution in [1.29, 1.82) is 0 Å². The van der Waals surface area contributed by atoms with Gasteiger partial charge in [-0.3, -0.25) is 4.79 Å². The van der Waals surface area contributed by atoms with Gasteiger partial charge in [-0.1, -0.05) is 29.0 Å². The van der Waals surface area contributed by atoms with Crippen LogP contribution in [0.25, 0.3) is 10.9 Å². The number of carboxylic acid groups (broad SMARTS) is 1. The first kappa shape index (κ1) is 19.2. The molecule has 0 spiro atoms. The summed E-state index contributed by atoms with van der Waals surface area (Å²) >= 11 is 0. The van der Waals surface area contributed by atoms with Crippen LogP contribution in [-0.2, 0) is 32.7 Å². The van der Waals surface area contributed by atoms with Crippen LogP contribution < -0.4 is 0 Å². The van der Waals surface area contributed by atoms with Crippen LogP contribution in [0.5, 0.6) is 0 Å². The summed E-state index contributed by atoms with van der Waals surface area (Å²) in [5.41, 5.74) is 5.49. The Kier molecular flexibility index (Phi) is 7.53. The minimum absolute atomic E-state index is 0. The number of aromatic carboxylic acids is 1. The number of carbonyl (C=O) groups is 1. The van der Waals surface area contributed by atoms with Crippen LogP contribution in [0.2, 0.25) is 0 Å². The molecule has 0 aliphatic heterocycles. The van der Waals surface area contributed by atoms with Crippen molar-refractivity contribution in [2.45, 2.75) is 34.6 Å². The van der Waals surface area contributed by atoms with E-state index in [2.05, 4.69) is 24.9 Å². The molecule has 1 heterocycles. The summed E-state index contributed by atoms with van der Waals surface area (Å²) in [5, 5.41) is 9.77. The molecule has 0 aliphatic rings. The van der Waals surface area contributed by atoms with Crippen LogP contribution >= 0.6 is 0 Å². The van der Waals surface area contributed by atoms with Crippen LogP contribution in [0.15, 0.2) is 6.20 Å². The first-order valence-corrected chi connectivity index (χ1v) is 6.16. The van der Waals surface area contributed by atoms with E-state index in [0.717, 1.165) is 22.0 Å². The van der Waals surface area contributed by atoms with Gasteiger partial charge in [0.1, 0.15) is 0 Å². The molecular formula is C16H19NO2Y+. The Morgan fingerprint density at radius 1 is 1.10 bits per heavy atom. The number of nitrogens with zero attached hydrogens (tertiary/aromatic N) is 1. The molecule has 1 aromatic carbocycles. The van der Waals surface area contributed by atoms with Crippen molar-refractivity contribution in [3.8, 4) is 0 Å². The molecule has 1 N–H and O–H groups in total. The second kappa shape index (κ2) is 7.85. The summed E-state index contributed by atoms with van der Waals surface area (Å²) in [6.45, 7) is 13.1. The van der Waals surface area contributed by atoms with E-state index in [1.165, 1.54) is 17.3 Å². The van der Waals surface area contributed by atoms with Gasteiger partial charge >= 0.3 is 32.7 Å². The number of hydrogen-bond acceptors (Lipinski definition) is 2. The Balaban J connectivity index is 0.00000115. The van der Waals surface area contributed by atoms with Crippen LogP contribution in [-0.4, -0.2) is 16.1 Å². The molecule has 0 amide bonds. The molecule has 0 radical (unpaired) electrons. The van der Waals surface area contributed by atoms with E-state index in [1.807, 2.05) is 20.8 Å². The monoisotopic (exact) mass is 346 g/mol. The number of hydrogen-bond donors (Lipinski definition) is 1. The number of rotatable bonds is 1. The molecule has 4 heteroatoms. The summed E-state index contributed by atoms with van der Waals surface area (Å²) in [4.78, 5) is 15.2. The maximum Gasteiger partial charge on any atom is 3.00 e. The predicted molar refractivity (Wildman–Crippen MR) is 77.5 cm³/mol. The van der Waals surface area contributed by atoms with Gasteiger partial charge in [-0.05, 0) is 38.0 Å². The van der Waals surface area contributed by atoms with Crippen LogP contribution in [0, 0.1) is 40.7 Å². The zero-order valence-corrected chi connectivity index (χ0v) is 15.5. The quantitative estimate of drug-likeness (QED) is 0.799. The third-order valence-electron chi connectivity index (χ3n) is 3.47. The molecule has 0 saturated carbocycles. The van der Waals surface area contributed by atoms with Crippen molar-refractivity contribution < 1.29 is 42.6 Å². The fraction of sp³-hybridized carbons (Fsp3) is 0.312. The maximum absolute atomic E-state index is 10.9. The Morgan fingerprint density at radius 3 is 2.10 bits per heavy atom. The van der Waals surface area contributed by atoms with Gasteiger partial charge in [-0.2, -0.15) is 6.92 Å². The molecule has 1 aromatic heterocycles. The third kappa shape index (κ3) is 3.45. The maximum atomic E-state index is 10.9. The summed E-state index contributed by atoms with van der Waals surface area (Å²) in [7, 11) is 0. The van der Waals surface area contributed by atoms with E-state index in [0.29, 0.717) is 0 Å². The zero-order chi connectivity index (χ0) is 14.7. The molecule has 0 unspecified atom stereocenters. The molecule has 20 heavy (non-hydrogen) atoms.